The van der Waals surface area contributed by atoms with E-state index in [1.54, 1.807) is 29.2 Å². The fourth-order valence-electron chi connectivity index (χ4n) is 4.97. The summed E-state index contributed by atoms with van der Waals surface area (Å²) < 4.78 is 1.73. The Morgan fingerprint density at radius 3 is 2.73 bits per heavy atom. The molecule has 0 spiro atoms. The molecule has 0 bridgehead atoms. The Morgan fingerprint density at radius 1 is 1.14 bits per heavy atom. The van der Waals surface area contributed by atoms with Gasteiger partial charge in [-0.25, -0.2) is 4.98 Å². The van der Waals surface area contributed by atoms with E-state index < -0.39 is 0 Å². The number of carbonyl (C=O) groups excluding carboxylic acids is 2. The monoisotopic (exact) mass is 500 g/mol. The van der Waals surface area contributed by atoms with Crippen molar-refractivity contribution in [2.45, 2.75) is 39.7 Å². The zero-order chi connectivity index (χ0) is 26.1. The van der Waals surface area contributed by atoms with E-state index in [1.807, 2.05) is 26.2 Å². The first-order chi connectivity index (χ1) is 17.8. The summed E-state index contributed by atoms with van der Waals surface area (Å²) in [6.45, 7) is 7.49. The van der Waals surface area contributed by atoms with Gasteiger partial charge in [0.15, 0.2) is 0 Å². The number of H-pyrrole nitrogens is 1. The summed E-state index contributed by atoms with van der Waals surface area (Å²) in [5, 5.41) is 10.9. The van der Waals surface area contributed by atoms with Crippen LogP contribution < -0.4 is 10.6 Å². The summed E-state index contributed by atoms with van der Waals surface area (Å²) >= 11 is 0. The lowest BCUT2D eigenvalue weighted by atomic mass is 10.0. The first-order valence-electron chi connectivity index (χ1n) is 12.6. The third-order valence-corrected chi connectivity index (χ3v) is 6.90. The van der Waals surface area contributed by atoms with Crippen LogP contribution in [0.25, 0.3) is 22.3 Å². The van der Waals surface area contributed by atoms with Gasteiger partial charge in [-0.05, 0) is 50.4 Å². The molecule has 1 saturated heterocycles. The Hall–Kier alpha value is -4.05. The second-order valence-electron chi connectivity index (χ2n) is 10.0. The van der Waals surface area contributed by atoms with Crippen molar-refractivity contribution in [3.8, 4) is 11.3 Å². The lowest BCUT2D eigenvalue weighted by molar-refractivity contribution is -0.117. The van der Waals surface area contributed by atoms with Crippen molar-refractivity contribution in [3.05, 3.63) is 54.2 Å². The minimum absolute atomic E-state index is 0.0815. The predicted molar refractivity (Wildman–Crippen MR) is 143 cm³/mol. The van der Waals surface area contributed by atoms with Crippen LogP contribution in [0.5, 0.6) is 0 Å². The highest BCUT2D eigenvalue weighted by molar-refractivity contribution is 6.06. The number of rotatable bonds is 7. The fourth-order valence-corrected chi connectivity index (χ4v) is 4.97. The van der Waals surface area contributed by atoms with Crippen LogP contribution in [0.2, 0.25) is 0 Å². The van der Waals surface area contributed by atoms with E-state index in [2.05, 4.69) is 49.4 Å². The third-order valence-electron chi connectivity index (χ3n) is 6.90. The lowest BCUT2D eigenvalue weighted by Crippen LogP contribution is -2.39. The molecule has 3 N–H and O–H groups in total. The maximum absolute atomic E-state index is 13.1. The van der Waals surface area contributed by atoms with Crippen LogP contribution in [0.4, 0.5) is 11.4 Å². The van der Waals surface area contributed by atoms with Gasteiger partial charge in [-0.2, -0.15) is 5.10 Å². The van der Waals surface area contributed by atoms with Crippen molar-refractivity contribution >= 4 is 34.2 Å². The summed E-state index contributed by atoms with van der Waals surface area (Å²) in [5.41, 5.74) is 4.67. The molecule has 1 atom stereocenters. The van der Waals surface area contributed by atoms with Crippen molar-refractivity contribution in [2.75, 3.05) is 23.7 Å². The number of nitrogens with zero attached hydrogens (tertiary/aromatic N) is 5. The average Bonchev–Trinajstić information content (AvgIpc) is 3.60. The normalized spacial score (nSPS) is 16.0. The summed E-state index contributed by atoms with van der Waals surface area (Å²) in [4.78, 5) is 40.1. The standard InChI is InChI=1S/C27H32N8O2/c1-16(2)24-6-5-7-35(24)15-25(36)31-21-10-22(17(3)28-13-21)33-27(37)19-8-18-9-23(32-26(18)29-11-19)20-12-30-34(4)14-20/h8-14,16,24H,5-7,15H2,1-4H3,(H,29,32)(H,31,36)(H,33,37). The number of anilines is 2. The highest BCUT2D eigenvalue weighted by Crippen LogP contribution is 2.25. The SMILES string of the molecule is Cc1ncc(NC(=O)CN2CCCC2C(C)C)cc1NC(=O)c1cnc2[nH]c(-c3cnn(C)c3)cc2c1. The molecule has 1 unspecified atom stereocenters. The number of likely N-dealkylation sites (tertiary alicyclic amines) is 1. The summed E-state index contributed by atoms with van der Waals surface area (Å²) in [7, 11) is 1.86. The number of aromatic nitrogens is 5. The molecule has 5 heterocycles. The van der Waals surface area contributed by atoms with Gasteiger partial charge >= 0.3 is 0 Å². The number of fused-ring (bicyclic) bond motifs is 1. The number of aromatic amines is 1. The van der Waals surface area contributed by atoms with Gasteiger partial charge in [0.05, 0.1) is 47.3 Å². The summed E-state index contributed by atoms with van der Waals surface area (Å²) in [6.07, 6.45) is 9.08. The summed E-state index contributed by atoms with van der Waals surface area (Å²) in [6, 6.07) is 5.92. The molecule has 192 valence electrons. The van der Waals surface area contributed by atoms with Crippen LogP contribution in [0, 0.1) is 12.8 Å². The highest BCUT2D eigenvalue weighted by atomic mass is 16.2. The maximum Gasteiger partial charge on any atom is 0.257 e. The molecular weight excluding hydrogens is 468 g/mol. The van der Waals surface area contributed by atoms with E-state index in [-0.39, 0.29) is 11.8 Å². The molecule has 10 nitrogen and oxygen atoms in total. The minimum atomic E-state index is -0.302. The maximum atomic E-state index is 13.1. The number of amides is 2. The molecule has 37 heavy (non-hydrogen) atoms. The molecule has 0 saturated carbocycles. The first-order valence-corrected chi connectivity index (χ1v) is 12.6. The van der Waals surface area contributed by atoms with Crippen molar-refractivity contribution < 1.29 is 9.59 Å². The molecule has 1 aliphatic rings. The molecule has 1 aliphatic heterocycles. The molecule has 0 aliphatic carbocycles. The first kappa shape index (κ1) is 24.6. The van der Waals surface area contributed by atoms with Gasteiger partial charge < -0.3 is 15.6 Å². The average molecular weight is 501 g/mol. The van der Waals surface area contributed by atoms with E-state index >= 15 is 0 Å². The van der Waals surface area contributed by atoms with Gasteiger partial charge in [0.25, 0.3) is 5.91 Å². The largest absolute Gasteiger partial charge is 0.339 e. The highest BCUT2D eigenvalue weighted by Gasteiger charge is 2.28. The van der Waals surface area contributed by atoms with E-state index in [4.69, 9.17) is 0 Å². The van der Waals surface area contributed by atoms with E-state index in [1.165, 1.54) is 6.20 Å². The van der Waals surface area contributed by atoms with E-state index in [9.17, 15) is 9.59 Å². The Balaban J connectivity index is 1.27. The van der Waals surface area contributed by atoms with Crippen molar-refractivity contribution in [3.63, 3.8) is 0 Å². The van der Waals surface area contributed by atoms with Gasteiger partial charge in [0.2, 0.25) is 5.91 Å². The van der Waals surface area contributed by atoms with Gasteiger partial charge in [0, 0.05) is 36.4 Å². The van der Waals surface area contributed by atoms with Crippen LogP contribution >= 0.6 is 0 Å². The molecular formula is C27H32N8O2. The second-order valence-corrected chi connectivity index (χ2v) is 10.0. The number of aryl methyl sites for hydroxylation is 2. The number of carbonyl (C=O) groups is 2. The Morgan fingerprint density at radius 2 is 1.97 bits per heavy atom. The zero-order valence-electron chi connectivity index (χ0n) is 21.6. The smallest absolute Gasteiger partial charge is 0.257 e. The number of hydrogen-bond donors (Lipinski definition) is 3. The molecule has 0 aromatic carbocycles. The fraction of sp³-hybridized carbons (Fsp3) is 0.370. The van der Waals surface area contributed by atoms with E-state index in [0.717, 1.165) is 36.0 Å². The van der Waals surface area contributed by atoms with Crippen LogP contribution in [-0.4, -0.2) is 60.6 Å². The third kappa shape index (κ3) is 5.39. The number of nitrogens with one attached hydrogen (secondary N) is 3. The Bertz CT molecular complexity index is 1450. The Kier molecular flexibility index (Phi) is 6.75. The quantitative estimate of drug-likeness (QED) is 0.353. The predicted octanol–water partition coefficient (Wildman–Crippen LogP) is 3.98. The van der Waals surface area contributed by atoms with Crippen molar-refractivity contribution in [1.29, 1.82) is 0 Å². The zero-order valence-corrected chi connectivity index (χ0v) is 21.6. The molecule has 4 aromatic rings. The topological polar surface area (TPSA) is 121 Å². The molecule has 1 fully saturated rings. The van der Waals surface area contributed by atoms with Crippen LogP contribution in [0.1, 0.15) is 42.7 Å². The van der Waals surface area contributed by atoms with Crippen molar-refractivity contribution in [2.24, 2.45) is 13.0 Å². The van der Waals surface area contributed by atoms with Gasteiger partial charge in [-0.15, -0.1) is 0 Å². The summed E-state index contributed by atoms with van der Waals surface area (Å²) in [5.74, 6) is 0.130. The van der Waals surface area contributed by atoms with Gasteiger partial charge in [0.1, 0.15) is 5.65 Å². The van der Waals surface area contributed by atoms with Crippen molar-refractivity contribution in [1.82, 2.24) is 29.6 Å². The molecule has 5 rings (SSSR count). The van der Waals surface area contributed by atoms with Crippen LogP contribution in [0.3, 0.4) is 0 Å². The lowest BCUT2D eigenvalue weighted by Gasteiger charge is -2.26. The minimum Gasteiger partial charge on any atom is -0.339 e. The van der Waals surface area contributed by atoms with Gasteiger partial charge in [-0.1, -0.05) is 13.8 Å². The molecule has 4 aromatic heterocycles. The Labute approximate surface area is 215 Å². The molecule has 10 heteroatoms. The number of pyridine rings is 2. The second kappa shape index (κ2) is 10.1. The van der Waals surface area contributed by atoms with Crippen LogP contribution in [-0.2, 0) is 11.8 Å². The number of hydrogen-bond acceptors (Lipinski definition) is 6. The molecule has 0 radical (unpaired) electrons. The van der Waals surface area contributed by atoms with E-state index in [0.29, 0.717) is 46.8 Å². The van der Waals surface area contributed by atoms with Gasteiger partial charge in [-0.3, -0.25) is 24.2 Å². The van der Waals surface area contributed by atoms with Crippen LogP contribution in [0.15, 0.2) is 43.0 Å². The molecule has 2 amide bonds.